The maximum absolute atomic E-state index is 10.7. The maximum atomic E-state index is 10.7. The maximum Gasteiger partial charge on any atom is 0.302 e. The van der Waals surface area contributed by atoms with E-state index in [2.05, 4.69) is 44.8 Å². The monoisotopic (exact) mass is 370 g/mol. The quantitative estimate of drug-likeness (QED) is 0.484. The first-order chi connectivity index (χ1) is 10.1. The average Bonchev–Trinajstić information content (AvgIpc) is 2.44. The largest absolute Gasteiger partial charge is 0.464 e. The van der Waals surface area contributed by atoms with E-state index in [1.807, 2.05) is 0 Å². The number of fused-ring (bicyclic) bond motifs is 1. The van der Waals surface area contributed by atoms with Gasteiger partial charge in [-0.15, -0.1) is 0 Å². The fourth-order valence-electron chi connectivity index (χ4n) is 2.49. The number of rotatable bonds is 4. The van der Waals surface area contributed by atoms with Crippen molar-refractivity contribution < 1.29 is 9.53 Å². The van der Waals surface area contributed by atoms with Gasteiger partial charge in [0, 0.05) is 11.4 Å². The molecule has 0 aliphatic heterocycles. The second-order valence-electron chi connectivity index (χ2n) is 5.03. The summed E-state index contributed by atoms with van der Waals surface area (Å²) >= 11 is 8.83. The van der Waals surface area contributed by atoms with Crippen LogP contribution in [0.15, 0.2) is 22.7 Å². The number of benzene rings is 1. The van der Waals surface area contributed by atoms with Crippen LogP contribution in [0.25, 0.3) is 0 Å². The third-order valence-electron chi connectivity index (χ3n) is 3.42. The highest BCUT2D eigenvalue weighted by molar-refractivity contribution is 9.10. The number of hydrogen-bond donors (Lipinski definition) is 2. The zero-order valence-corrected chi connectivity index (χ0v) is 14.4. The van der Waals surface area contributed by atoms with E-state index < -0.39 is 0 Å². The highest BCUT2D eigenvalue weighted by Crippen LogP contribution is 2.31. The van der Waals surface area contributed by atoms with Crippen molar-refractivity contribution in [2.45, 2.75) is 32.2 Å². The Morgan fingerprint density at radius 2 is 2.33 bits per heavy atom. The topological polar surface area (TPSA) is 50.4 Å². The molecule has 6 heteroatoms. The van der Waals surface area contributed by atoms with E-state index in [9.17, 15) is 4.79 Å². The van der Waals surface area contributed by atoms with E-state index in [1.54, 1.807) is 0 Å². The van der Waals surface area contributed by atoms with E-state index in [1.165, 1.54) is 18.1 Å². The summed E-state index contributed by atoms with van der Waals surface area (Å²) in [6, 6.07) is 6.65. The van der Waals surface area contributed by atoms with Crippen LogP contribution >= 0.6 is 28.1 Å². The van der Waals surface area contributed by atoms with Gasteiger partial charge in [0.1, 0.15) is 6.61 Å². The van der Waals surface area contributed by atoms with Crippen molar-refractivity contribution in [3.05, 3.63) is 33.8 Å². The minimum atomic E-state index is -0.276. The number of carbonyl (C=O) groups is 1. The number of hydrogen-bond acceptors (Lipinski definition) is 3. The number of halogens is 1. The van der Waals surface area contributed by atoms with Crippen molar-refractivity contribution in [2.75, 3.05) is 13.2 Å². The third kappa shape index (κ3) is 4.97. The first-order valence-electron chi connectivity index (χ1n) is 7.02. The molecule has 0 amide bonds. The van der Waals surface area contributed by atoms with Crippen LogP contribution in [-0.4, -0.2) is 24.2 Å². The highest BCUT2D eigenvalue weighted by Gasteiger charge is 2.20. The minimum absolute atomic E-state index is 0.236. The Kier molecular flexibility index (Phi) is 5.99. The van der Waals surface area contributed by atoms with Gasteiger partial charge in [0.25, 0.3) is 0 Å². The third-order valence-corrected chi connectivity index (χ3v) is 4.18. The lowest BCUT2D eigenvalue weighted by Crippen LogP contribution is -2.40. The summed E-state index contributed by atoms with van der Waals surface area (Å²) in [6.07, 6.45) is 3.34. The van der Waals surface area contributed by atoms with Crippen molar-refractivity contribution in [3.63, 3.8) is 0 Å². The van der Waals surface area contributed by atoms with Crippen molar-refractivity contribution in [2.24, 2.45) is 0 Å². The molecule has 21 heavy (non-hydrogen) atoms. The Hall–Kier alpha value is -1.14. The van der Waals surface area contributed by atoms with Gasteiger partial charge in [0.05, 0.1) is 12.6 Å². The molecule has 114 valence electrons. The van der Waals surface area contributed by atoms with Crippen molar-refractivity contribution in [1.82, 2.24) is 10.6 Å². The molecule has 0 aromatic heterocycles. The Bertz CT molecular complexity index is 536. The molecule has 0 spiro atoms. The van der Waals surface area contributed by atoms with Gasteiger partial charge in [0.2, 0.25) is 0 Å². The molecular formula is C15H19BrN2O2S. The summed E-state index contributed by atoms with van der Waals surface area (Å²) in [7, 11) is 0. The van der Waals surface area contributed by atoms with E-state index in [0.29, 0.717) is 18.3 Å². The molecule has 1 aromatic carbocycles. The SMILES string of the molecule is CC(=O)OCCNC(=S)NC1CCCc2ccc(Br)cc21. The lowest BCUT2D eigenvalue weighted by Gasteiger charge is -2.27. The molecule has 1 atom stereocenters. The van der Waals surface area contributed by atoms with Crippen LogP contribution in [0.1, 0.15) is 36.9 Å². The van der Waals surface area contributed by atoms with Gasteiger partial charge in [-0.3, -0.25) is 4.79 Å². The van der Waals surface area contributed by atoms with Gasteiger partial charge < -0.3 is 15.4 Å². The summed E-state index contributed by atoms with van der Waals surface area (Å²) < 4.78 is 5.95. The molecule has 1 unspecified atom stereocenters. The molecule has 0 radical (unpaired) electrons. The van der Waals surface area contributed by atoms with Crippen LogP contribution in [0.5, 0.6) is 0 Å². The molecule has 1 aliphatic rings. The second kappa shape index (κ2) is 7.75. The fourth-order valence-corrected chi connectivity index (χ4v) is 3.11. The predicted molar refractivity (Wildman–Crippen MR) is 90.2 cm³/mol. The number of aryl methyl sites for hydroxylation is 1. The Morgan fingerprint density at radius 3 is 3.10 bits per heavy atom. The molecule has 2 rings (SSSR count). The van der Waals surface area contributed by atoms with Crippen LogP contribution in [-0.2, 0) is 16.0 Å². The van der Waals surface area contributed by atoms with Crippen LogP contribution in [0.3, 0.4) is 0 Å². The van der Waals surface area contributed by atoms with Crippen molar-refractivity contribution >= 4 is 39.2 Å². The van der Waals surface area contributed by atoms with Crippen molar-refractivity contribution in [3.8, 4) is 0 Å². The Balaban J connectivity index is 1.88. The molecule has 0 heterocycles. The number of nitrogens with one attached hydrogen (secondary N) is 2. The molecular weight excluding hydrogens is 352 g/mol. The number of carbonyl (C=O) groups excluding carboxylic acids is 1. The second-order valence-corrected chi connectivity index (χ2v) is 6.35. The van der Waals surface area contributed by atoms with Gasteiger partial charge in [-0.05, 0) is 54.7 Å². The van der Waals surface area contributed by atoms with Gasteiger partial charge >= 0.3 is 5.97 Å². The summed E-state index contributed by atoms with van der Waals surface area (Å²) in [5.74, 6) is -0.276. The minimum Gasteiger partial charge on any atom is -0.464 e. The summed E-state index contributed by atoms with van der Waals surface area (Å²) in [6.45, 7) is 2.24. The molecule has 0 bridgehead atoms. The van der Waals surface area contributed by atoms with E-state index in [4.69, 9.17) is 17.0 Å². The van der Waals surface area contributed by atoms with Crippen LogP contribution in [0.2, 0.25) is 0 Å². The highest BCUT2D eigenvalue weighted by atomic mass is 79.9. The van der Waals surface area contributed by atoms with Crippen LogP contribution in [0, 0.1) is 0 Å². The lowest BCUT2D eigenvalue weighted by molar-refractivity contribution is -0.140. The number of esters is 1. The number of thiocarbonyl (C=S) groups is 1. The normalized spacial score (nSPS) is 16.8. The van der Waals surface area contributed by atoms with Crippen molar-refractivity contribution in [1.29, 1.82) is 0 Å². The average molecular weight is 371 g/mol. The standard InChI is InChI=1S/C15H19BrN2O2S/c1-10(19)20-8-7-17-15(21)18-14-4-2-3-11-5-6-12(16)9-13(11)14/h5-6,9,14H,2-4,7-8H2,1H3,(H2,17,18,21). The zero-order valence-electron chi connectivity index (χ0n) is 11.9. The smallest absolute Gasteiger partial charge is 0.302 e. The van der Waals surface area contributed by atoms with Gasteiger partial charge in [-0.25, -0.2) is 0 Å². The van der Waals surface area contributed by atoms with E-state index in [-0.39, 0.29) is 12.0 Å². The Labute approximate surface area is 138 Å². The lowest BCUT2D eigenvalue weighted by atomic mass is 9.88. The van der Waals surface area contributed by atoms with Crippen LogP contribution < -0.4 is 10.6 Å². The van der Waals surface area contributed by atoms with E-state index >= 15 is 0 Å². The fraction of sp³-hybridized carbons (Fsp3) is 0.467. The van der Waals surface area contributed by atoms with Gasteiger partial charge in [0.15, 0.2) is 5.11 Å². The first kappa shape index (κ1) is 16.2. The van der Waals surface area contributed by atoms with Gasteiger partial charge in [-0.1, -0.05) is 22.0 Å². The number of ether oxygens (including phenoxy) is 1. The Morgan fingerprint density at radius 1 is 1.52 bits per heavy atom. The molecule has 0 saturated carbocycles. The summed E-state index contributed by atoms with van der Waals surface area (Å²) in [4.78, 5) is 10.7. The summed E-state index contributed by atoms with van der Waals surface area (Å²) in [5, 5.41) is 7.01. The zero-order chi connectivity index (χ0) is 15.2. The molecule has 0 saturated heterocycles. The van der Waals surface area contributed by atoms with E-state index in [0.717, 1.165) is 23.7 Å². The van der Waals surface area contributed by atoms with Crippen LogP contribution in [0.4, 0.5) is 0 Å². The molecule has 0 fully saturated rings. The molecule has 2 N–H and O–H groups in total. The molecule has 4 nitrogen and oxygen atoms in total. The molecule has 1 aliphatic carbocycles. The first-order valence-corrected chi connectivity index (χ1v) is 8.22. The predicted octanol–water partition coefficient (Wildman–Crippen LogP) is 2.85. The summed E-state index contributed by atoms with van der Waals surface area (Å²) in [5.41, 5.74) is 2.68. The van der Waals surface area contributed by atoms with Gasteiger partial charge in [-0.2, -0.15) is 0 Å². The molecule has 1 aromatic rings.